The summed E-state index contributed by atoms with van der Waals surface area (Å²) >= 11 is 0. The van der Waals surface area contributed by atoms with Crippen LogP contribution in [0.3, 0.4) is 0 Å². The molecule has 0 heterocycles. The number of aryl methyl sites for hydroxylation is 2. The van der Waals surface area contributed by atoms with Crippen LogP contribution in [0.15, 0.2) is 18.2 Å². The number of benzene rings is 1. The average molecular weight is 226 g/mol. The average Bonchev–Trinajstić information content (AvgIpc) is 2.96. The first-order chi connectivity index (χ1) is 8.36. The second kappa shape index (κ2) is 4.41. The Labute approximate surface area is 103 Å². The van der Waals surface area contributed by atoms with Gasteiger partial charge in [0.15, 0.2) is 0 Å². The standard InChI is InChI=1S/C15H18N2/c16-10-13-5-2-6-15(13)17-14-8-7-11-3-1-4-12(11)9-14/h7-9,13,15,17H,1-6H2. The molecule has 0 bridgehead atoms. The van der Waals surface area contributed by atoms with Crippen LogP contribution in [0.4, 0.5) is 5.69 Å². The molecule has 0 spiro atoms. The lowest BCUT2D eigenvalue weighted by molar-refractivity contribution is 0.629. The third-order valence-corrected chi connectivity index (χ3v) is 4.13. The zero-order valence-corrected chi connectivity index (χ0v) is 10.1. The monoisotopic (exact) mass is 226 g/mol. The Morgan fingerprint density at radius 2 is 2.00 bits per heavy atom. The normalized spacial score (nSPS) is 26.5. The van der Waals surface area contributed by atoms with Gasteiger partial charge in [0, 0.05) is 11.7 Å². The van der Waals surface area contributed by atoms with Crippen molar-refractivity contribution in [2.75, 3.05) is 5.32 Å². The maximum Gasteiger partial charge on any atom is 0.0677 e. The first kappa shape index (κ1) is 10.7. The summed E-state index contributed by atoms with van der Waals surface area (Å²) < 4.78 is 0. The predicted octanol–water partition coefficient (Wildman–Crippen LogP) is 3.28. The van der Waals surface area contributed by atoms with E-state index in [1.807, 2.05) is 0 Å². The summed E-state index contributed by atoms with van der Waals surface area (Å²) in [5, 5.41) is 12.6. The van der Waals surface area contributed by atoms with Crippen molar-refractivity contribution in [2.45, 2.75) is 44.6 Å². The van der Waals surface area contributed by atoms with Crippen LogP contribution in [0.2, 0.25) is 0 Å². The van der Waals surface area contributed by atoms with Gasteiger partial charge in [-0.3, -0.25) is 0 Å². The van der Waals surface area contributed by atoms with Crippen LogP contribution in [0.5, 0.6) is 0 Å². The molecule has 2 unspecified atom stereocenters. The number of fused-ring (bicyclic) bond motifs is 1. The van der Waals surface area contributed by atoms with E-state index in [0.717, 1.165) is 12.8 Å². The lowest BCUT2D eigenvalue weighted by atomic mass is 10.0. The maximum absolute atomic E-state index is 9.08. The van der Waals surface area contributed by atoms with Gasteiger partial charge >= 0.3 is 0 Å². The molecule has 1 fully saturated rings. The summed E-state index contributed by atoms with van der Waals surface area (Å²) in [5.74, 6) is 0.197. The molecule has 0 aliphatic heterocycles. The number of hydrogen-bond donors (Lipinski definition) is 1. The van der Waals surface area contributed by atoms with Crippen molar-refractivity contribution in [3.63, 3.8) is 0 Å². The van der Waals surface area contributed by atoms with Crippen LogP contribution >= 0.6 is 0 Å². The predicted molar refractivity (Wildman–Crippen MR) is 68.8 cm³/mol. The van der Waals surface area contributed by atoms with Crippen LogP contribution in [0.1, 0.15) is 36.8 Å². The van der Waals surface area contributed by atoms with E-state index in [1.54, 1.807) is 0 Å². The molecule has 0 amide bonds. The number of nitriles is 1. The van der Waals surface area contributed by atoms with Gasteiger partial charge in [-0.1, -0.05) is 6.07 Å². The molecule has 0 radical (unpaired) electrons. The van der Waals surface area contributed by atoms with Crippen molar-refractivity contribution in [1.82, 2.24) is 0 Å². The minimum Gasteiger partial charge on any atom is -0.381 e. The highest BCUT2D eigenvalue weighted by Crippen LogP contribution is 2.30. The fraction of sp³-hybridized carbons (Fsp3) is 0.533. The van der Waals surface area contributed by atoms with Crippen molar-refractivity contribution in [3.05, 3.63) is 29.3 Å². The maximum atomic E-state index is 9.08. The molecule has 2 nitrogen and oxygen atoms in total. The molecule has 2 aliphatic carbocycles. The van der Waals surface area contributed by atoms with E-state index in [9.17, 15) is 0 Å². The lowest BCUT2D eigenvalue weighted by Crippen LogP contribution is -2.22. The Balaban J connectivity index is 1.75. The summed E-state index contributed by atoms with van der Waals surface area (Å²) in [6, 6.07) is 9.50. The van der Waals surface area contributed by atoms with Crippen LogP contribution in [-0.2, 0) is 12.8 Å². The van der Waals surface area contributed by atoms with E-state index in [0.29, 0.717) is 6.04 Å². The lowest BCUT2D eigenvalue weighted by Gasteiger charge is -2.17. The van der Waals surface area contributed by atoms with Crippen LogP contribution in [0.25, 0.3) is 0 Å². The molecule has 0 aromatic heterocycles. The van der Waals surface area contributed by atoms with Gasteiger partial charge in [-0.05, 0) is 61.8 Å². The highest BCUT2D eigenvalue weighted by molar-refractivity contribution is 5.51. The smallest absolute Gasteiger partial charge is 0.0677 e. The molecule has 0 saturated heterocycles. The molecule has 88 valence electrons. The van der Waals surface area contributed by atoms with Crippen molar-refractivity contribution in [3.8, 4) is 6.07 Å². The molecule has 2 aliphatic rings. The van der Waals surface area contributed by atoms with Crippen LogP contribution in [-0.4, -0.2) is 6.04 Å². The SMILES string of the molecule is N#CC1CCCC1Nc1ccc2c(c1)CCC2. The van der Waals surface area contributed by atoms with Crippen molar-refractivity contribution < 1.29 is 0 Å². The molecule has 17 heavy (non-hydrogen) atoms. The fourth-order valence-electron chi connectivity index (χ4n) is 3.16. The Bertz CT molecular complexity index is 458. The number of anilines is 1. The Kier molecular flexibility index (Phi) is 2.76. The van der Waals surface area contributed by atoms with E-state index >= 15 is 0 Å². The zero-order valence-electron chi connectivity index (χ0n) is 10.1. The quantitative estimate of drug-likeness (QED) is 0.840. The first-order valence-corrected chi connectivity index (χ1v) is 6.65. The summed E-state index contributed by atoms with van der Waals surface area (Å²) in [6.45, 7) is 0. The molecule has 2 heteroatoms. The zero-order chi connectivity index (χ0) is 11.7. The van der Waals surface area contributed by atoms with Gasteiger partial charge in [0.25, 0.3) is 0 Å². The topological polar surface area (TPSA) is 35.8 Å². The Hall–Kier alpha value is -1.49. The van der Waals surface area contributed by atoms with Gasteiger partial charge in [-0.25, -0.2) is 0 Å². The largest absolute Gasteiger partial charge is 0.381 e. The van der Waals surface area contributed by atoms with Gasteiger partial charge in [-0.15, -0.1) is 0 Å². The highest BCUT2D eigenvalue weighted by atomic mass is 14.9. The molecular formula is C15H18N2. The minimum absolute atomic E-state index is 0.197. The summed E-state index contributed by atoms with van der Waals surface area (Å²) in [5.41, 5.74) is 4.22. The Morgan fingerprint density at radius 1 is 1.12 bits per heavy atom. The molecule has 1 saturated carbocycles. The molecule has 1 aromatic carbocycles. The summed E-state index contributed by atoms with van der Waals surface area (Å²) in [6.07, 6.45) is 7.12. The molecule has 1 N–H and O–H groups in total. The Morgan fingerprint density at radius 3 is 2.88 bits per heavy atom. The first-order valence-electron chi connectivity index (χ1n) is 6.65. The molecule has 1 aromatic rings. The van der Waals surface area contributed by atoms with Crippen LogP contribution < -0.4 is 5.32 Å². The summed E-state index contributed by atoms with van der Waals surface area (Å²) in [7, 11) is 0. The summed E-state index contributed by atoms with van der Waals surface area (Å²) in [4.78, 5) is 0. The van der Waals surface area contributed by atoms with E-state index in [2.05, 4.69) is 29.6 Å². The third-order valence-electron chi connectivity index (χ3n) is 4.13. The van der Waals surface area contributed by atoms with Gasteiger partial charge in [0.1, 0.15) is 0 Å². The second-order valence-electron chi connectivity index (χ2n) is 5.25. The van der Waals surface area contributed by atoms with E-state index in [4.69, 9.17) is 5.26 Å². The third kappa shape index (κ3) is 2.02. The van der Waals surface area contributed by atoms with Crippen molar-refractivity contribution in [1.29, 1.82) is 5.26 Å². The van der Waals surface area contributed by atoms with Gasteiger partial charge in [-0.2, -0.15) is 5.26 Å². The van der Waals surface area contributed by atoms with Gasteiger partial charge in [0.2, 0.25) is 0 Å². The number of nitrogens with zero attached hydrogens (tertiary/aromatic N) is 1. The van der Waals surface area contributed by atoms with Crippen LogP contribution in [0, 0.1) is 17.2 Å². The van der Waals surface area contributed by atoms with Crippen molar-refractivity contribution in [2.24, 2.45) is 5.92 Å². The minimum atomic E-state index is 0.197. The van der Waals surface area contributed by atoms with Gasteiger partial charge < -0.3 is 5.32 Å². The number of hydrogen-bond acceptors (Lipinski definition) is 2. The molecular weight excluding hydrogens is 208 g/mol. The molecule has 2 atom stereocenters. The highest BCUT2D eigenvalue weighted by Gasteiger charge is 2.27. The number of rotatable bonds is 2. The van der Waals surface area contributed by atoms with E-state index in [1.165, 1.54) is 42.5 Å². The fourth-order valence-corrected chi connectivity index (χ4v) is 3.16. The van der Waals surface area contributed by atoms with E-state index in [-0.39, 0.29) is 5.92 Å². The molecule has 3 rings (SSSR count). The second-order valence-corrected chi connectivity index (χ2v) is 5.25. The van der Waals surface area contributed by atoms with Crippen molar-refractivity contribution >= 4 is 5.69 Å². The van der Waals surface area contributed by atoms with E-state index < -0.39 is 0 Å². The van der Waals surface area contributed by atoms with Gasteiger partial charge in [0.05, 0.1) is 12.0 Å². The number of nitrogens with one attached hydrogen (secondary N) is 1.